The molecule has 0 rings (SSSR count). The van der Waals surface area contributed by atoms with Crippen LogP contribution >= 0.6 is 0 Å². The van der Waals surface area contributed by atoms with Gasteiger partial charge in [-0.15, -0.1) is 0 Å². The van der Waals surface area contributed by atoms with E-state index in [-0.39, 0.29) is 18.9 Å². The summed E-state index contributed by atoms with van der Waals surface area (Å²) in [5, 5.41) is 13.7. The summed E-state index contributed by atoms with van der Waals surface area (Å²) < 4.78 is 4.79. The van der Waals surface area contributed by atoms with Crippen LogP contribution in [0, 0.1) is 5.92 Å². The Morgan fingerprint density at radius 2 is 1.90 bits per heavy atom. The summed E-state index contributed by atoms with van der Waals surface area (Å²) in [6.07, 6.45) is 0.773. The van der Waals surface area contributed by atoms with E-state index in [1.165, 1.54) is 7.11 Å². The molecule has 0 aromatic rings. The number of carbonyl (C=O) groups is 3. The summed E-state index contributed by atoms with van der Waals surface area (Å²) in [6, 6.07) is -2.75. The molecule has 0 saturated carbocycles. The van der Waals surface area contributed by atoms with Crippen molar-refractivity contribution in [2.24, 2.45) is 11.7 Å². The maximum absolute atomic E-state index is 12.1. The Hall–Kier alpha value is -1.83. The molecule has 0 heterocycles. The molecule has 3 unspecified atom stereocenters. The average molecular weight is 289 g/mol. The molecule has 3 amide bonds. The van der Waals surface area contributed by atoms with Crippen LogP contribution in [0.3, 0.4) is 0 Å². The van der Waals surface area contributed by atoms with Crippen molar-refractivity contribution in [2.75, 3.05) is 13.7 Å². The number of primary amides is 1. The fourth-order valence-electron chi connectivity index (χ4n) is 1.61. The Balaban J connectivity index is 4.77. The highest BCUT2D eigenvalue weighted by molar-refractivity contribution is 5.89. The zero-order valence-corrected chi connectivity index (χ0v) is 12.0. The zero-order chi connectivity index (χ0) is 15.7. The lowest BCUT2D eigenvalue weighted by Gasteiger charge is -2.24. The summed E-state index contributed by atoms with van der Waals surface area (Å²) in [5.74, 6) is -1.89. The average Bonchev–Trinajstić information content (AvgIpc) is 2.38. The highest BCUT2D eigenvalue weighted by atomic mass is 16.5. The lowest BCUT2D eigenvalue weighted by Crippen LogP contribution is -2.55. The minimum Gasteiger partial charge on any atom is -0.480 e. The number of ether oxygens (including phenoxy) is 1. The second-order valence-corrected chi connectivity index (χ2v) is 4.55. The second kappa shape index (κ2) is 9.13. The SMILES string of the molecule is CCC(C)C(NC(N)=O)C(=O)NC(CCOC)C(=O)O. The molecule has 0 aliphatic rings. The zero-order valence-electron chi connectivity index (χ0n) is 12.0. The molecule has 0 aromatic heterocycles. The van der Waals surface area contributed by atoms with Crippen molar-refractivity contribution >= 4 is 17.9 Å². The number of aliphatic carboxylic acids is 1. The molecule has 20 heavy (non-hydrogen) atoms. The van der Waals surface area contributed by atoms with E-state index in [0.717, 1.165) is 0 Å². The Morgan fingerprint density at radius 1 is 1.30 bits per heavy atom. The van der Waals surface area contributed by atoms with E-state index < -0.39 is 30.0 Å². The van der Waals surface area contributed by atoms with Crippen LogP contribution in [-0.4, -0.2) is 48.8 Å². The van der Waals surface area contributed by atoms with Gasteiger partial charge in [0.1, 0.15) is 12.1 Å². The molecule has 8 nitrogen and oxygen atoms in total. The van der Waals surface area contributed by atoms with E-state index in [9.17, 15) is 14.4 Å². The maximum atomic E-state index is 12.1. The van der Waals surface area contributed by atoms with Crippen LogP contribution in [0.4, 0.5) is 4.79 Å². The summed E-state index contributed by atoms with van der Waals surface area (Å²) in [6.45, 7) is 3.83. The Bertz CT molecular complexity index is 348. The number of amides is 3. The molecular formula is C12H23N3O5. The maximum Gasteiger partial charge on any atom is 0.326 e. The van der Waals surface area contributed by atoms with Gasteiger partial charge in [-0.2, -0.15) is 0 Å². The molecule has 0 saturated heterocycles. The van der Waals surface area contributed by atoms with Gasteiger partial charge in [0.2, 0.25) is 5.91 Å². The number of carbonyl (C=O) groups excluding carboxylic acids is 2. The fourth-order valence-corrected chi connectivity index (χ4v) is 1.61. The van der Waals surface area contributed by atoms with Gasteiger partial charge >= 0.3 is 12.0 Å². The predicted octanol–water partition coefficient (Wildman–Crippen LogP) is -0.325. The monoisotopic (exact) mass is 289 g/mol. The first kappa shape index (κ1) is 18.2. The second-order valence-electron chi connectivity index (χ2n) is 4.55. The fraction of sp³-hybridized carbons (Fsp3) is 0.750. The van der Waals surface area contributed by atoms with Crippen LogP contribution in [0.5, 0.6) is 0 Å². The van der Waals surface area contributed by atoms with Gasteiger partial charge in [0.25, 0.3) is 0 Å². The highest BCUT2D eigenvalue weighted by Crippen LogP contribution is 2.08. The molecule has 5 N–H and O–H groups in total. The molecule has 0 radical (unpaired) electrons. The summed E-state index contributed by atoms with van der Waals surface area (Å²) in [7, 11) is 1.44. The van der Waals surface area contributed by atoms with Crippen LogP contribution in [0.1, 0.15) is 26.7 Å². The number of rotatable bonds is 9. The van der Waals surface area contributed by atoms with Crippen molar-refractivity contribution in [2.45, 2.75) is 38.8 Å². The molecule has 0 spiro atoms. The van der Waals surface area contributed by atoms with E-state index in [1.807, 2.05) is 6.92 Å². The standard InChI is InChI=1S/C12H23N3O5/c1-4-7(2)9(15-12(13)19)10(16)14-8(11(17)18)5-6-20-3/h7-9H,4-6H2,1-3H3,(H,14,16)(H,17,18)(H3,13,15,19). The number of hydrogen-bond donors (Lipinski definition) is 4. The van der Waals surface area contributed by atoms with Crippen molar-refractivity contribution in [3.8, 4) is 0 Å². The number of hydrogen-bond acceptors (Lipinski definition) is 4. The first-order valence-corrected chi connectivity index (χ1v) is 6.41. The third-order valence-corrected chi connectivity index (χ3v) is 3.02. The topological polar surface area (TPSA) is 131 Å². The van der Waals surface area contributed by atoms with Gasteiger partial charge in [-0.1, -0.05) is 20.3 Å². The Morgan fingerprint density at radius 3 is 2.30 bits per heavy atom. The van der Waals surface area contributed by atoms with Crippen LogP contribution in [-0.2, 0) is 14.3 Å². The molecule has 3 atom stereocenters. The first-order valence-electron chi connectivity index (χ1n) is 6.41. The van der Waals surface area contributed by atoms with Gasteiger partial charge < -0.3 is 26.2 Å². The van der Waals surface area contributed by atoms with Gasteiger partial charge in [0.05, 0.1) is 0 Å². The number of nitrogens with two attached hydrogens (primary N) is 1. The molecular weight excluding hydrogens is 266 g/mol. The number of methoxy groups -OCH3 is 1. The van der Waals surface area contributed by atoms with Crippen LogP contribution in [0.25, 0.3) is 0 Å². The van der Waals surface area contributed by atoms with Gasteiger partial charge in [0, 0.05) is 20.1 Å². The van der Waals surface area contributed by atoms with Crippen molar-refractivity contribution in [3.05, 3.63) is 0 Å². The minimum absolute atomic E-state index is 0.140. The molecule has 116 valence electrons. The van der Waals surface area contributed by atoms with Gasteiger partial charge in [-0.05, 0) is 5.92 Å². The first-order chi connectivity index (χ1) is 9.33. The number of carboxylic acid groups (broad SMARTS) is 1. The van der Waals surface area contributed by atoms with Crippen molar-refractivity contribution < 1.29 is 24.2 Å². The normalized spacial score (nSPS) is 14.9. The number of nitrogens with one attached hydrogen (secondary N) is 2. The van der Waals surface area contributed by atoms with Gasteiger partial charge in [0.15, 0.2) is 0 Å². The molecule has 0 aliphatic carbocycles. The number of urea groups is 1. The Kier molecular flexibility index (Phi) is 8.30. The van der Waals surface area contributed by atoms with Gasteiger partial charge in [-0.3, -0.25) is 4.79 Å². The third-order valence-electron chi connectivity index (χ3n) is 3.02. The Labute approximate surface area is 118 Å². The lowest BCUT2D eigenvalue weighted by molar-refractivity contribution is -0.142. The predicted molar refractivity (Wildman–Crippen MR) is 72.0 cm³/mol. The quantitative estimate of drug-likeness (QED) is 0.462. The smallest absolute Gasteiger partial charge is 0.326 e. The van der Waals surface area contributed by atoms with Crippen LogP contribution in [0.15, 0.2) is 0 Å². The van der Waals surface area contributed by atoms with Crippen molar-refractivity contribution in [1.82, 2.24) is 10.6 Å². The summed E-state index contributed by atoms with van der Waals surface area (Å²) in [4.78, 5) is 34.0. The third kappa shape index (κ3) is 6.37. The molecule has 0 fully saturated rings. The van der Waals surface area contributed by atoms with E-state index >= 15 is 0 Å². The van der Waals surface area contributed by atoms with Crippen LogP contribution in [0.2, 0.25) is 0 Å². The number of carboxylic acids is 1. The molecule has 0 aliphatic heterocycles. The largest absolute Gasteiger partial charge is 0.480 e. The summed E-state index contributed by atoms with van der Waals surface area (Å²) in [5.41, 5.74) is 5.03. The molecule has 8 heteroatoms. The lowest BCUT2D eigenvalue weighted by atomic mass is 9.98. The van der Waals surface area contributed by atoms with E-state index in [4.69, 9.17) is 15.6 Å². The molecule has 0 aromatic carbocycles. The molecule has 0 bridgehead atoms. The van der Waals surface area contributed by atoms with E-state index in [0.29, 0.717) is 6.42 Å². The minimum atomic E-state index is -1.16. The van der Waals surface area contributed by atoms with E-state index in [1.54, 1.807) is 6.92 Å². The van der Waals surface area contributed by atoms with Crippen molar-refractivity contribution in [3.63, 3.8) is 0 Å². The highest BCUT2D eigenvalue weighted by Gasteiger charge is 2.29. The summed E-state index contributed by atoms with van der Waals surface area (Å²) >= 11 is 0. The van der Waals surface area contributed by atoms with E-state index in [2.05, 4.69) is 10.6 Å². The van der Waals surface area contributed by atoms with Crippen molar-refractivity contribution in [1.29, 1.82) is 0 Å². The van der Waals surface area contributed by atoms with Crippen LogP contribution < -0.4 is 16.4 Å². The van der Waals surface area contributed by atoms with Gasteiger partial charge in [-0.25, -0.2) is 9.59 Å².